The van der Waals surface area contributed by atoms with Gasteiger partial charge in [0, 0.05) is 22.4 Å². The maximum atomic E-state index is 10.5. The summed E-state index contributed by atoms with van der Waals surface area (Å²) in [6, 6.07) is 8.24. The van der Waals surface area contributed by atoms with Crippen molar-refractivity contribution in [1.82, 2.24) is 9.97 Å². The Balaban J connectivity index is 2.25. The minimum Gasteiger partial charge on any atom is -0.348 e. The van der Waals surface area contributed by atoms with Crippen LogP contribution in [0.2, 0.25) is 10.0 Å². The highest BCUT2D eigenvalue weighted by atomic mass is 35.5. The molecule has 132 valence electrons. The predicted octanol–water partition coefficient (Wildman–Crippen LogP) is 6.18. The average molecular weight is 376 g/mol. The zero-order chi connectivity index (χ0) is 17.9. The van der Waals surface area contributed by atoms with Crippen molar-refractivity contribution in [1.29, 1.82) is 5.26 Å². The number of imidazole rings is 1. The fraction of sp³-hybridized carbons (Fsp3) is 0.500. The van der Waals surface area contributed by atoms with Gasteiger partial charge in [-0.25, -0.2) is 4.98 Å². The van der Waals surface area contributed by atoms with Crippen molar-refractivity contribution < 1.29 is 0 Å². The van der Waals surface area contributed by atoms with Crippen LogP contribution in [0.4, 0.5) is 0 Å². The van der Waals surface area contributed by atoms with E-state index in [0.717, 1.165) is 56.3 Å². The van der Waals surface area contributed by atoms with Crippen molar-refractivity contribution in [2.45, 2.75) is 62.7 Å². The Kier molecular flexibility index (Phi) is 5.41. The smallest absolute Gasteiger partial charge is 0.114 e. The number of halogens is 2. The summed E-state index contributed by atoms with van der Waals surface area (Å²) >= 11 is 12.7. The second-order valence-electron chi connectivity index (χ2n) is 6.97. The summed E-state index contributed by atoms with van der Waals surface area (Å²) in [6.07, 6.45) is 10.5. The number of rotatable bonds is 6. The second-order valence-corrected chi connectivity index (χ2v) is 7.82. The Bertz CT molecular complexity index is 758. The van der Waals surface area contributed by atoms with Gasteiger partial charge in [0.15, 0.2) is 0 Å². The van der Waals surface area contributed by atoms with Crippen LogP contribution in [0.5, 0.6) is 0 Å². The maximum absolute atomic E-state index is 10.5. The van der Waals surface area contributed by atoms with Crippen LogP contribution in [0.1, 0.15) is 63.3 Å². The molecule has 1 unspecified atom stereocenters. The predicted molar refractivity (Wildman–Crippen MR) is 102 cm³/mol. The van der Waals surface area contributed by atoms with Gasteiger partial charge in [-0.1, -0.05) is 61.9 Å². The number of aromatic nitrogens is 2. The van der Waals surface area contributed by atoms with Crippen LogP contribution < -0.4 is 0 Å². The molecule has 1 aliphatic rings. The quantitative estimate of drug-likeness (QED) is 0.654. The lowest BCUT2D eigenvalue weighted by Gasteiger charge is -2.44. The number of nitrogens with one attached hydrogen (secondary N) is 1. The number of nitrogens with zero attached hydrogens (tertiary/aromatic N) is 2. The fourth-order valence-electron chi connectivity index (χ4n) is 4.50. The van der Waals surface area contributed by atoms with Crippen molar-refractivity contribution >= 4 is 23.2 Å². The SMILES string of the molecule is CCCCC(C#N)(c1ccc(Cl)cc1Cl)C1(c2ncc[nH]2)CCCC1. The lowest BCUT2D eigenvalue weighted by Crippen LogP contribution is -2.47. The summed E-state index contributed by atoms with van der Waals surface area (Å²) in [7, 11) is 0. The molecule has 0 bridgehead atoms. The summed E-state index contributed by atoms with van der Waals surface area (Å²) in [6.45, 7) is 2.15. The van der Waals surface area contributed by atoms with E-state index in [1.165, 1.54) is 0 Å². The molecule has 0 radical (unpaired) electrons. The van der Waals surface area contributed by atoms with Crippen LogP contribution in [0, 0.1) is 11.3 Å². The molecule has 1 saturated carbocycles. The van der Waals surface area contributed by atoms with Gasteiger partial charge in [-0.2, -0.15) is 5.26 Å². The van der Waals surface area contributed by atoms with Crippen molar-refractivity contribution in [3.63, 3.8) is 0 Å². The number of aromatic amines is 1. The molecule has 2 aromatic rings. The normalized spacial score (nSPS) is 18.6. The highest BCUT2D eigenvalue weighted by molar-refractivity contribution is 6.35. The average Bonchev–Trinajstić information content (AvgIpc) is 3.29. The summed E-state index contributed by atoms with van der Waals surface area (Å²) in [4.78, 5) is 7.89. The van der Waals surface area contributed by atoms with E-state index >= 15 is 0 Å². The van der Waals surface area contributed by atoms with E-state index in [4.69, 9.17) is 23.2 Å². The maximum Gasteiger partial charge on any atom is 0.114 e. The largest absolute Gasteiger partial charge is 0.348 e. The summed E-state index contributed by atoms with van der Waals surface area (Å²) < 4.78 is 0. The number of nitriles is 1. The molecule has 1 N–H and O–H groups in total. The first-order chi connectivity index (χ1) is 12.1. The van der Waals surface area contributed by atoms with E-state index in [-0.39, 0.29) is 5.41 Å². The zero-order valence-electron chi connectivity index (χ0n) is 14.5. The Labute approximate surface area is 159 Å². The zero-order valence-corrected chi connectivity index (χ0v) is 16.0. The third-order valence-corrected chi connectivity index (χ3v) is 6.26. The standard InChI is InChI=1S/C20H23Cl2N3/c1-2-3-8-20(14-23,16-7-6-15(21)13-17(16)22)19(9-4-5-10-19)18-24-11-12-25-18/h6-7,11-13H,2-5,8-10H2,1H3,(H,24,25). The van der Waals surface area contributed by atoms with E-state index in [1.54, 1.807) is 12.3 Å². The molecule has 1 fully saturated rings. The fourth-order valence-corrected chi connectivity index (χ4v) is 5.07. The van der Waals surface area contributed by atoms with E-state index < -0.39 is 5.41 Å². The molecule has 0 amide bonds. The van der Waals surface area contributed by atoms with Gasteiger partial charge >= 0.3 is 0 Å². The van der Waals surface area contributed by atoms with Crippen LogP contribution in [0.3, 0.4) is 0 Å². The van der Waals surface area contributed by atoms with E-state index in [9.17, 15) is 5.26 Å². The number of benzene rings is 1. The minimum atomic E-state index is -0.709. The summed E-state index contributed by atoms with van der Waals surface area (Å²) in [5, 5.41) is 11.7. The monoisotopic (exact) mass is 375 g/mol. The van der Waals surface area contributed by atoms with Gasteiger partial charge in [-0.05, 0) is 37.0 Å². The first kappa shape index (κ1) is 18.3. The molecule has 0 aliphatic heterocycles. The number of unbranched alkanes of at least 4 members (excludes halogenated alkanes) is 1. The van der Waals surface area contributed by atoms with Gasteiger partial charge in [0.25, 0.3) is 0 Å². The second kappa shape index (κ2) is 7.40. The van der Waals surface area contributed by atoms with Crippen LogP contribution in [0.25, 0.3) is 0 Å². The van der Waals surface area contributed by atoms with E-state index in [1.807, 2.05) is 18.3 Å². The van der Waals surface area contributed by atoms with Crippen LogP contribution in [-0.4, -0.2) is 9.97 Å². The van der Waals surface area contributed by atoms with E-state index in [0.29, 0.717) is 10.0 Å². The van der Waals surface area contributed by atoms with E-state index in [2.05, 4.69) is 23.0 Å². The molecule has 1 aliphatic carbocycles. The Morgan fingerprint density at radius 3 is 2.64 bits per heavy atom. The molecule has 3 rings (SSSR count). The third kappa shape index (κ3) is 2.96. The van der Waals surface area contributed by atoms with Gasteiger partial charge in [0.2, 0.25) is 0 Å². The van der Waals surface area contributed by atoms with Crippen LogP contribution in [-0.2, 0) is 10.8 Å². The number of hydrogen-bond acceptors (Lipinski definition) is 2. The van der Waals surface area contributed by atoms with Crippen molar-refractivity contribution in [2.24, 2.45) is 0 Å². The summed E-state index contributed by atoms with van der Waals surface area (Å²) in [5.74, 6) is 0.911. The Hall–Kier alpha value is -1.50. The molecular formula is C20H23Cl2N3. The summed E-state index contributed by atoms with van der Waals surface area (Å²) in [5.41, 5.74) is -0.162. The molecule has 25 heavy (non-hydrogen) atoms. The highest BCUT2D eigenvalue weighted by Crippen LogP contribution is 2.56. The first-order valence-corrected chi connectivity index (χ1v) is 9.72. The number of H-pyrrole nitrogens is 1. The molecule has 1 aromatic carbocycles. The molecular weight excluding hydrogens is 353 g/mol. The molecule has 5 heteroatoms. The van der Waals surface area contributed by atoms with Gasteiger partial charge in [0.1, 0.15) is 5.82 Å². The molecule has 1 atom stereocenters. The van der Waals surface area contributed by atoms with Crippen molar-refractivity contribution in [3.05, 3.63) is 52.0 Å². The Morgan fingerprint density at radius 1 is 1.32 bits per heavy atom. The molecule has 3 nitrogen and oxygen atoms in total. The molecule has 0 saturated heterocycles. The molecule has 1 aromatic heterocycles. The molecule has 0 spiro atoms. The third-order valence-electron chi connectivity index (χ3n) is 5.71. The van der Waals surface area contributed by atoms with Gasteiger partial charge in [-0.15, -0.1) is 0 Å². The lowest BCUT2D eigenvalue weighted by atomic mass is 9.57. The van der Waals surface area contributed by atoms with Crippen molar-refractivity contribution in [3.8, 4) is 6.07 Å². The van der Waals surface area contributed by atoms with Crippen LogP contribution in [0.15, 0.2) is 30.6 Å². The van der Waals surface area contributed by atoms with Crippen LogP contribution >= 0.6 is 23.2 Å². The highest BCUT2D eigenvalue weighted by Gasteiger charge is 2.57. The van der Waals surface area contributed by atoms with Gasteiger partial charge < -0.3 is 4.98 Å². The first-order valence-electron chi connectivity index (χ1n) is 8.96. The molecule has 1 heterocycles. The van der Waals surface area contributed by atoms with Gasteiger partial charge in [-0.3, -0.25) is 0 Å². The number of hydrogen-bond donors (Lipinski definition) is 1. The minimum absolute atomic E-state index is 0.335. The van der Waals surface area contributed by atoms with Crippen molar-refractivity contribution in [2.75, 3.05) is 0 Å². The Morgan fingerprint density at radius 2 is 2.08 bits per heavy atom. The topological polar surface area (TPSA) is 52.5 Å². The lowest BCUT2D eigenvalue weighted by molar-refractivity contribution is 0.242. The van der Waals surface area contributed by atoms with Gasteiger partial charge in [0.05, 0.1) is 16.9 Å².